The summed E-state index contributed by atoms with van der Waals surface area (Å²) in [7, 11) is 0. The standard InChI is InChI=1S/C18H18N4O3/c1-12(2)22-15(6-7-21-22)18-13(8-19-11-20-18)10-25-17-5-3-4-16(24)14(17)9-23/h3-9,11-12,24H,10H2,1-2H3/i10D2. The summed E-state index contributed by atoms with van der Waals surface area (Å²) in [4.78, 5) is 19.4. The lowest BCUT2D eigenvalue weighted by atomic mass is 10.1. The highest BCUT2D eigenvalue weighted by Gasteiger charge is 2.15. The highest BCUT2D eigenvalue weighted by Crippen LogP contribution is 2.28. The Morgan fingerprint density at radius 1 is 1.40 bits per heavy atom. The van der Waals surface area contributed by atoms with Gasteiger partial charge < -0.3 is 9.84 Å². The van der Waals surface area contributed by atoms with Gasteiger partial charge in [-0.2, -0.15) is 5.10 Å². The summed E-state index contributed by atoms with van der Waals surface area (Å²) < 4.78 is 24.0. The van der Waals surface area contributed by atoms with Crippen LogP contribution in [-0.4, -0.2) is 31.1 Å². The maximum Gasteiger partial charge on any atom is 0.157 e. The number of aromatic nitrogens is 4. The van der Waals surface area contributed by atoms with Crippen LogP contribution in [0.4, 0.5) is 0 Å². The Balaban J connectivity index is 2.08. The van der Waals surface area contributed by atoms with Gasteiger partial charge in [0.05, 0.1) is 19.7 Å². The molecule has 7 heteroatoms. The molecule has 0 unspecified atom stereocenters. The molecule has 0 amide bonds. The Morgan fingerprint density at radius 2 is 2.24 bits per heavy atom. The third-order valence-corrected chi connectivity index (χ3v) is 3.55. The van der Waals surface area contributed by atoms with E-state index in [9.17, 15) is 9.90 Å². The molecular weight excluding hydrogens is 320 g/mol. The number of ether oxygens (including phenoxy) is 1. The van der Waals surface area contributed by atoms with E-state index in [2.05, 4.69) is 15.1 Å². The van der Waals surface area contributed by atoms with E-state index in [1.165, 1.54) is 30.7 Å². The summed E-state index contributed by atoms with van der Waals surface area (Å²) in [5, 5.41) is 14.0. The van der Waals surface area contributed by atoms with E-state index in [1.54, 1.807) is 16.9 Å². The van der Waals surface area contributed by atoms with Gasteiger partial charge in [0, 0.05) is 24.0 Å². The fraction of sp³-hybridized carbons (Fsp3) is 0.222. The highest BCUT2D eigenvalue weighted by molar-refractivity contribution is 5.83. The number of hydrogen-bond donors (Lipinski definition) is 1. The Kier molecular flexibility index (Phi) is 4.03. The first-order chi connectivity index (χ1) is 12.8. The molecule has 0 aliphatic carbocycles. The number of carbonyl (C=O) groups excluding carboxylic acids is 1. The number of aldehydes is 1. The van der Waals surface area contributed by atoms with Crippen molar-refractivity contribution in [2.75, 3.05) is 0 Å². The van der Waals surface area contributed by atoms with Gasteiger partial charge in [-0.05, 0) is 32.0 Å². The molecule has 0 aliphatic heterocycles. The zero-order valence-corrected chi connectivity index (χ0v) is 13.7. The zero-order chi connectivity index (χ0) is 19.6. The number of nitrogens with zero attached hydrogens (tertiary/aromatic N) is 4. The average molecular weight is 340 g/mol. The Bertz CT molecular complexity index is 973. The van der Waals surface area contributed by atoms with Gasteiger partial charge in [0.15, 0.2) is 6.29 Å². The number of aromatic hydroxyl groups is 1. The summed E-state index contributed by atoms with van der Waals surface area (Å²) >= 11 is 0. The van der Waals surface area contributed by atoms with Crippen molar-refractivity contribution in [2.24, 2.45) is 0 Å². The van der Waals surface area contributed by atoms with Crippen molar-refractivity contribution in [2.45, 2.75) is 26.4 Å². The number of rotatable bonds is 6. The quantitative estimate of drug-likeness (QED) is 0.694. The fourth-order valence-electron chi connectivity index (χ4n) is 2.37. The van der Waals surface area contributed by atoms with Gasteiger partial charge in [0.1, 0.15) is 24.4 Å². The first-order valence-corrected chi connectivity index (χ1v) is 7.65. The monoisotopic (exact) mass is 340 g/mol. The highest BCUT2D eigenvalue weighted by atomic mass is 16.5. The third-order valence-electron chi connectivity index (χ3n) is 3.55. The van der Waals surface area contributed by atoms with Gasteiger partial charge in [0.25, 0.3) is 0 Å². The minimum absolute atomic E-state index is 0.0392. The van der Waals surface area contributed by atoms with Crippen molar-refractivity contribution in [3.63, 3.8) is 0 Å². The molecule has 2 heterocycles. The Labute approximate surface area is 147 Å². The molecule has 0 saturated heterocycles. The van der Waals surface area contributed by atoms with E-state index in [4.69, 9.17) is 7.48 Å². The Morgan fingerprint density at radius 3 is 3.00 bits per heavy atom. The van der Waals surface area contributed by atoms with E-state index in [1.807, 2.05) is 13.8 Å². The molecule has 3 aromatic rings. The van der Waals surface area contributed by atoms with E-state index >= 15 is 0 Å². The molecule has 0 radical (unpaired) electrons. The van der Waals surface area contributed by atoms with Crippen LogP contribution in [0.3, 0.4) is 0 Å². The summed E-state index contributed by atoms with van der Waals surface area (Å²) in [5.41, 5.74) is 0.884. The predicted octanol–water partition coefficient (Wildman–Crippen LogP) is 3.02. The van der Waals surface area contributed by atoms with Gasteiger partial charge >= 0.3 is 0 Å². The van der Waals surface area contributed by atoms with Crippen molar-refractivity contribution >= 4 is 6.29 Å². The first-order valence-electron chi connectivity index (χ1n) is 8.65. The van der Waals surface area contributed by atoms with E-state index < -0.39 is 6.56 Å². The number of phenolic OH excluding ortho intramolecular Hbond substituents is 1. The van der Waals surface area contributed by atoms with Crippen LogP contribution >= 0.6 is 0 Å². The van der Waals surface area contributed by atoms with Gasteiger partial charge in [-0.25, -0.2) is 9.97 Å². The Hall–Kier alpha value is -3.22. The van der Waals surface area contributed by atoms with Crippen LogP contribution in [0.1, 0.15) is 38.6 Å². The summed E-state index contributed by atoms with van der Waals surface area (Å²) in [5.74, 6) is -0.372. The molecule has 1 N–H and O–H groups in total. The molecular formula is C18H18N4O3. The van der Waals surface area contributed by atoms with E-state index in [0.717, 1.165) is 0 Å². The normalized spacial score (nSPS) is 12.6. The maximum absolute atomic E-state index is 11.2. The van der Waals surface area contributed by atoms with Crippen LogP contribution in [0.25, 0.3) is 11.4 Å². The third kappa shape index (κ3) is 3.35. The SMILES string of the molecule is [2H]C([2H])(Oc1cccc(O)c1C=O)c1cncnc1-c1ccnn1C(C)C. The molecule has 0 aliphatic rings. The second-order valence-corrected chi connectivity index (χ2v) is 5.55. The fourth-order valence-corrected chi connectivity index (χ4v) is 2.37. The van der Waals surface area contributed by atoms with Crippen LogP contribution in [0.2, 0.25) is 0 Å². The lowest BCUT2D eigenvalue weighted by molar-refractivity contribution is 0.111. The van der Waals surface area contributed by atoms with Crippen LogP contribution in [0.5, 0.6) is 11.5 Å². The first kappa shape index (κ1) is 14.2. The molecule has 7 nitrogen and oxygen atoms in total. The minimum Gasteiger partial charge on any atom is -0.507 e. The number of hydrogen-bond acceptors (Lipinski definition) is 6. The van der Waals surface area contributed by atoms with E-state index in [0.29, 0.717) is 17.7 Å². The van der Waals surface area contributed by atoms with Crippen LogP contribution in [-0.2, 0) is 6.56 Å². The molecule has 0 fully saturated rings. The lowest BCUT2D eigenvalue weighted by Crippen LogP contribution is -2.08. The minimum atomic E-state index is -2.37. The summed E-state index contributed by atoms with van der Waals surface area (Å²) in [6.45, 7) is 1.53. The molecule has 0 atom stereocenters. The van der Waals surface area contributed by atoms with Crippen LogP contribution in [0.15, 0.2) is 43.0 Å². The largest absolute Gasteiger partial charge is 0.507 e. The second-order valence-electron chi connectivity index (χ2n) is 5.55. The topological polar surface area (TPSA) is 90.1 Å². The lowest BCUT2D eigenvalue weighted by Gasteiger charge is -2.14. The van der Waals surface area contributed by atoms with Gasteiger partial charge in [-0.3, -0.25) is 9.48 Å². The van der Waals surface area contributed by atoms with Gasteiger partial charge in [-0.15, -0.1) is 0 Å². The van der Waals surface area contributed by atoms with Gasteiger partial charge in [0.2, 0.25) is 0 Å². The van der Waals surface area contributed by atoms with Crippen molar-refractivity contribution < 1.29 is 17.4 Å². The number of carbonyl (C=O) groups is 1. The molecule has 0 bridgehead atoms. The maximum atomic E-state index is 11.2. The molecule has 3 rings (SSSR count). The zero-order valence-electron chi connectivity index (χ0n) is 15.7. The number of benzene rings is 1. The molecule has 0 saturated carbocycles. The summed E-state index contributed by atoms with van der Waals surface area (Å²) in [6.07, 6.45) is 4.66. The van der Waals surface area contributed by atoms with Crippen molar-refractivity contribution in [1.82, 2.24) is 19.7 Å². The molecule has 1 aromatic carbocycles. The van der Waals surface area contributed by atoms with Crippen molar-refractivity contribution in [3.05, 3.63) is 54.1 Å². The van der Waals surface area contributed by atoms with E-state index in [-0.39, 0.29) is 28.7 Å². The van der Waals surface area contributed by atoms with Crippen LogP contribution < -0.4 is 4.74 Å². The second kappa shape index (κ2) is 7.12. The average Bonchev–Trinajstić information content (AvgIpc) is 3.11. The smallest absolute Gasteiger partial charge is 0.157 e. The van der Waals surface area contributed by atoms with Gasteiger partial charge in [-0.1, -0.05) is 6.07 Å². The molecule has 128 valence electrons. The summed E-state index contributed by atoms with van der Waals surface area (Å²) in [6, 6.07) is 5.96. The van der Waals surface area contributed by atoms with Crippen molar-refractivity contribution in [1.29, 1.82) is 0 Å². The van der Waals surface area contributed by atoms with Crippen molar-refractivity contribution in [3.8, 4) is 22.9 Å². The molecule has 25 heavy (non-hydrogen) atoms. The number of phenols is 1. The molecule has 0 spiro atoms. The van der Waals surface area contributed by atoms with Crippen LogP contribution in [0, 0.1) is 0 Å². The predicted molar refractivity (Wildman–Crippen MR) is 91.5 cm³/mol. The molecule has 2 aromatic heterocycles.